The predicted molar refractivity (Wildman–Crippen MR) is 84.4 cm³/mol. The molecule has 0 amide bonds. The Kier molecular flexibility index (Phi) is 4.58. The van der Waals surface area contributed by atoms with E-state index in [1.807, 2.05) is 44.2 Å². The van der Waals surface area contributed by atoms with Crippen molar-refractivity contribution < 1.29 is 14.6 Å². The van der Waals surface area contributed by atoms with E-state index in [0.717, 1.165) is 28.3 Å². The molecule has 0 heterocycles. The van der Waals surface area contributed by atoms with E-state index in [2.05, 4.69) is 5.32 Å². The number of benzene rings is 2. The number of methoxy groups -OCH3 is 2. The van der Waals surface area contributed by atoms with Gasteiger partial charge in [0.1, 0.15) is 17.2 Å². The fourth-order valence-corrected chi connectivity index (χ4v) is 2.20. The number of anilines is 1. The summed E-state index contributed by atoms with van der Waals surface area (Å²) in [5, 5.41) is 13.1. The van der Waals surface area contributed by atoms with E-state index in [-0.39, 0.29) is 11.8 Å². The Morgan fingerprint density at radius 2 is 1.81 bits per heavy atom. The number of hydrogen-bond donors (Lipinski definition) is 2. The zero-order valence-electron chi connectivity index (χ0n) is 12.8. The maximum atomic E-state index is 9.78. The summed E-state index contributed by atoms with van der Waals surface area (Å²) in [7, 11) is 3.29. The van der Waals surface area contributed by atoms with Crippen LogP contribution in [0.4, 0.5) is 5.69 Å². The van der Waals surface area contributed by atoms with Gasteiger partial charge in [-0.2, -0.15) is 0 Å². The smallest absolute Gasteiger partial charge is 0.124 e. The molecule has 112 valence electrons. The second kappa shape index (κ2) is 6.39. The van der Waals surface area contributed by atoms with Crippen molar-refractivity contribution in [2.24, 2.45) is 0 Å². The van der Waals surface area contributed by atoms with Crippen molar-refractivity contribution in [2.45, 2.75) is 19.9 Å². The normalized spacial score (nSPS) is 11.8. The number of ether oxygens (including phenoxy) is 2. The Hall–Kier alpha value is -2.36. The molecule has 21 heavy (non-hydrogen) atoms. The maximum absolute atomic E-state index is 9.78. The van der Waals surface area contributed by atoms with E-state index in [0.29, 0.717) is 0 Å². The van der Waals surface area contributed by atoms with Crippen molar-refractivity contribution >= 4 is 5.69 Å². The van der Waals surface area contributed by atoms with Crippen molar-refractivity contribution in [1.29, 1.82) is 0 Å². The van der Waals surface area contributed by atoms with Gasteiger partial charge in [0.15, 0.2) is 0 Å². The molecule has 0 spiro atoms. The van der Waals surface area contributed by atoms with E-state index >= 15 is 0 Å². The summed E-state index contributed by atoms with van der Waals surface area (Å²) in [4.78, 5) is 0. The third-order valence-electron chi connectivity index (χ3n) is 3.50. The van der Waals surface area contributed by atoms with E-state index in [9.17, 15) is 5.11 Å². The van der Waals surface area contributed by atoms with Crippen molar-refractivity contribution in [3.05, 3.63) is 47.5 Å². The van der Waals surface area contributed by atoms with Crippen LogP contribution in [0.5, 0.6) is 17.2 Å². The van der Waals surface area contributed by atoms with Crippen LogP contribution in [0, 0.1) is 6.92 Å². The molecule has 0 aliphatic rings. The first-order chi connectivity index (χ1) is 10.0. The number of aromatic hydroxyl groups is 1. The van der Waals surface area contributed by atoms with Crippen LogP contribution in [0.25, 0.3) is 0 Å². The highest BCUT2D eigenvalue weighted by Gasteiger charge is 2.13. The molecule has 4 nitrogen and oxygen atoms in total. The van der Waals surface area contributed by atoms with Gasteiger partial charge in [0.25, 0.3) is 0 Å². The lowest BCUT2D eigenvalue weighted by atomic mass is 10.1. The number of phenolic OH excluding ortho intramolecular Hbond substituents is 1. The molecule has 0 aliphatic heterocycles. The van der Waals surface area contributed by atoms with Crippen LogP contribution < -0.4 is 14.8 Å². The molecule has 1 unspecified atom stereocenters. The van der Waals surface area contributed by atoms with Crippen LogP contribution >= 0.6 is 0 Å². The van der Waals surface area contributed by atoms with Crippen molar-refractivity contribution in [3.63, 3.8) is 0 Å². The number of hydrogen-bond acceptors (Lipinski definition) is 4. The summed E-state index contributed by atoms with van der Waals surface area (Å²) >= 11 is 0. The molecule has 0 saturated carbocycles. The van der Waals surface area contributed by atoms with Crippen LogP contribution in [0.3, 0.4) is 0 Å². The summed E-state index contributed by atoms with van der Waals surface area (Å²) in [6, 6.07) is 11.3. The summed E-state index contributed by atoms with van der Waals surface area (Å²) in [5.74, 6) is 1.86. The van der Waals surface area contributed by atoms with E-state index in [1.165, 1.54) is 0 Å². The molecule has 2 rings (SSSR count). The summed E-state index contributed by atoms with van der Waals surface area (Å²) < 4.78 is 10.7. The Morgan fingerprint density at radius 1 is 1.05 bits per heavy atom. The van der Waals surface area contributed by atoms with Crippen molar-refractivity contribution in [2.75, 3.05) is 19.5 Å². The minimum atomic E-state index is 0.0113. The molecule has 0 saturated heterocycles. The third kappa shape index (κ3) is 3.40. The fourth-order valence-electron chi connectivity index (χ4n) is 2.20. The average molecular weight is 287 g/mol. The molecule has 1 atom stereocenters. The monoisotopic (exact) mass is 287 g/mol. The maximum Gasteiger partial charge on any atom is 0.124 e. The highest BCUT2D eigenvalue weighted by Crippen LogP contribution is 2.32. The van der Waals surface area contributed by atoms with E-state index < -0.39 is 0 Å². The topological polar surface area (TPSA) is 50.7 Å². The van der Waals surface area contributed by atoms with Crippen LogP contribution in [0.2, 0.25) is 0 Å². The predicted octanol–water partition coefficient (Wildman–Crippen LogP) is 3.89. The molecule has 0 fully saturated rings. The highest BCUT2D eigenvalue weighted by molar-refractivity contribution is 5.53. The first-order valence-corrected chi connectivity index (χ1v) is 6.83. The minimum Gasteiger partial charge on any atom is -0.508 e. The SMILES string of the molecule is COc1ccc(OC)c(C(C)Nc2ccc(C)c(O)c2)c1. The standard InChI is InChI=1S/C17H21NO3/c1-11-5-6-13(9-16(11)19)18-12(2)15-10-14(20-3)7-8-17(15)21-4/h5-10,12,18-19H,1-4H3. The zero-order chi connectivity index (χ0) is 15.4. The Morgan fingerprint density at radius 3 is 2.43 bits per heavy atom. The fraction of sp³-hybridized carbons (Fsp3) is 0.294. The number of nitrogens with one attached hydrogen (secondary N) is 1. The quantitative estimate of drug-likeness (QED) is 0.876. The van der Waals surface area contributed by atoms with Gasteiger partial charge >= 0.3 is 0 Å². The molecule has 0 aromatic heterocycles. The van der Waals surface area contributed by atoms with Crippen LogP contribution in [0.15, 0.2) is 36.4 Å². The van der Waals surface area contributed by atoms with Crippen molar-refractivity contribution in [3.8, 4) is 17.2 Å². The van der Waals surface area contributed by atoms with Gasteiger partial charge in [0, 0.05) is 17.3 Å². The summed E-state index contributed by atoms with van der Waals surface area (Å²) in [5.41, 5.74) is 2.71. The first kappa shape index (κ1) is 15.0. The second-order valence-electron chi connectivity index (χ2n) is 4.98. The lowest BCUT2D eigenvalue weighted by molar-refractivity contribution is 0.397. The van der Waals surface area contributed by atoms with E-state index in [4.69, 9.17) is 9.47 Å². The molecule has 2 aromatic rings. The molecule has 0 radical (unpaired) electrons. The average Bonchev–Trinajstić information content (AvgIpc) is 2.50. The minimum absolute atomic E-state index is 0.0113. The first-order valence-electron chi connectivity index (χ1n) is 6.83. The lowest BCUT2D eigenvalue weighted by Gasteiger charge is -2.19. The lowest BCUT2D eigenvalue weighted by Crippen LogP contribution is -2.08. The molecule has 0 aliphatic carbocycles. The molecule has 2 N–H and O–H groups in total. The van der Waals surface area contributed by atoms with Gasteiger partial charge in [-0.25, -0.2) is 0 Å². The van der Waals surface area contributed by atoms with Gasteiger partial charge in [0.05, 0.1) is 20.3 Å². The largest absolute Gasteiger partial charge is 0.508 e. The van der Waals surface area contributed by atoms with Gasteiger partial charge in [-0.1, -0.05) is 6.07 Å². The molecular weight excluding hydrogens is 266 g/mol. The van der Waals surface area contributed by atoms with Crippen LogP contribution in [-0.2, 0) is 0 Å². The van der Waals surface area contributed by atoms with Gasteiger partial charge in [0.2, 0.25) is 0 Å². The Bertz CT molecular complexity index is 625. The summed E-state index contributed by atoms with van der Waals surface area (Å²) in [6.45, 7) is 3.90. The van der Waals surface area contributed by atoms with Gasteiger partial charge in [-0.15, -0.1) is 0 Å². The highest BCUT2D eigenvalue weighted by atomic mass is 16.5. The molecule has 2 aromatic carbocycles. The van der Waals surface area contributed by atoms with Crippen LogP contribution in [-0.4, -0.2) is 19.3 Å². The number of rotatable bonds is 5. The Labute approximate surface area is 125 Å². The van der Waals surface area contributed by atoms with Gasteiger partial charge < -0.3 is 19.9 Å². The second-order valence-corrected chi connectivity index (χ2v) is 4.98. The zero-order valence-corrected chi connectivity index (χ0v) is 12.8. The molecule has 0 bridgehead atoms. The summed E-state index contributed by atoms with van der Waals surface area (Å²) in [6.07, 6.45) is 0. The van der Waals surface area contributed by atoms with Crippen molar-refractivity contribution in [1.82, 2.24) is 0 Å². The third-order valence-corrected chi connectivity index (χ3v) is 3.50. The van der Waals surface area contributed by atoms with Gasteiger partial charge in [-0.05, 0) is 43.7 Å². The van der Waals surface area contributed by atoms with E-state index in [1.54, 1.807) is 20.3 Å². The van der Waals surface area contributed by atoms with Gasteiger partial charge in [-0.3, -0.25) is 0 Å². The Balaban J connectivity index is 2.26. The number of phenols is 1. The number of aryl methyl sites for hydroxylation is 1. The molecular formula is C17H21NO3. The molecule has 4 heteroatoms. The van der Waals surface area contributed by atoms with Crippen LogP contribution in [0.1, 0.15) is 24.1 Å².